The van der Waals surface area contributed by atoms with E-state index in [0.29, 0.717) is 24.7 Å². The Kier molecular flexibility index (Phi) is 3.57. The third-order valence-corrected chi connectivity index (χ3v) is 3.01. The van der Waals surface area contributed by atoms with E-state index in [-0.39, 0.29) is 12.1 Å². The zero-order chi connectivity index (χ0) is 12.1. The van der Waals surface area contributed by atoms with Crippen LogP contribution in [0.25, 0.3) is 0 Å². The predicted octanol–water partition coefficient (Wildman–Crippen LogP) is 0.907. The van der Waals surface area contributed by atoms with Gasteiger partial charge in [-0.05, 0) is 25.0 Å². The average molecular weight is 233 g/mol. The van der Waals surface area contributed by atoms with E-state index < -0.39 is 0 Å². The van der Waals surface area contributed by atoms with Crippen LogP contribution in [0.3, 0.4) is 0 Å². The van der Waals surface area contributed by atoms with Crippen molar-refractivity contribution in [1.29, 1.82) is 5.26 Å². The van der Waals surface area contributed by atoms with Crippen LogP contribution >= 0.6 is 0 Å². The van der Waals surface area contributed by atoms with Gasteiger partial charge in [-0.1, -0.05) is 6.07 Å². The van der Waals surface area contributed by atoms with Gasteiger partial charge in [0.05, 0.1) is 12.1 Å². The molecule has 0 atom stereocenters. The zero-order valence-corrected chi connectivity index (χ0v) is 9.52. The Morgan fingerprint density at radius 1 is 1.47 bits per heavy atom. The van der Waals surface area contributed by atoms with Crippen molar-refractivity contribution in [2.75, 3.05) is 25.1 Å². The molecule has 0 unspecified atom stereocenters. The lowest BCUT2D eigenvalue weighted by Crippen LogP contribution is -2.47. The first kappa shape index (κ1) is 11.8. The molecule has 1 fully saturated rings. The van der Waals surface area contributed by atoms with E-state index in [0.717, 1.165) is 12.8 Å². The minimum atomic E-state index is -0.376. The number of anilines is 1. The van der Waals surface area contributed by atoms with Crippen LogP contribution in [-0.2, 0) is 4.74 Å². The average Bonchev–Trinajstić information content (AvgIpc) is 2.40. The summed E-state index contributed by atoms with van der Waals surface area (Å²) in [7, 11) is 0. The summed E-state index contributed by atoms with van der Waals surface area (Å²) in [5, 5.41) is 21.5. The molecule has 5 nitrogen and oxygen atoms in total. The molecular formula is C12H15N3O2. The molecule has 1 aromatic heterocycles. The van der Waals surface area contributed by atoms with Crippen molar-refractivity contribution in [3.05, 3.63) is 23.9 Å². The van der Waals surface area contributed by atoms with Gasteiger partial charge in [-0.3, -0.25) is 0 Å². The van der Waals surface area contributed by atoms with Crippen LogP contribution < -0.4 is 5.32 Å². The predicted molar refractivity (Wildman–Crippen MR) is 62.4 cm³/mol. The van der Waals surface area contributed by atoms with E-state index in [1.165, 1.54) is 0 Å². The third kappa shape index (κ3) is 2.73. The van der Waals surface area contributed by atoms with Gasteiger partial charge in [0.1, 0.15) is 17.6 Å². The Bertz CT molecular complexity index is 422. The molecule has 0 bridgehead atoms. The number of hydrogen-bond donors (Lipinski definition) is 2. The fourth-order valence-electron chi connectivity index (χ4n) is 1.92. The first-order chi connectivity index (χ1) is 8.28. The summed E-state index contributed by atoms with van der Waals surface area (Å²) in [6.45, 7) is 1.30. The first-order valence-corrected chi connectivity index (χ1v) is 5.62. The fourth-order valence-corrected chi connectivity index (χ4v) is 1.92. The van der Waals surface area contributed by atoms with Crippen LogP contribution in [0.2, 0.25) is 0 Å². The summed E-state index contributed by atoms with van der Waals surface area (Å²) in [5.74, 6) is 0.625. The molecule has 1 aliphatic heterocycles. The van der Waals surface area contributed by atoms with Gasteiger partial charge in [-0.15, -0.1) is 0 Å². The van der Waals surface area contributed by atoms with Gasteiger partial charge in [0.15, 0.2) is 0 Å². The summed E-state index contributed by atoms with van der Waals surface area (Å²) in [6.07, 6.45) is 1.48. The Morgan fingerprint density at radius 2 is 2.24 bits per heavy atom. The SMILES string of the molecule is N#Cc1cccc(NC2(CO)CCOCC2)n1. The Balaban J connectivity index is 2.14. The molecule has 1 aliphatic rings. The van der Waals surface area contributed by atoms with E-state index in [9.17, 15) is 5.11 Å². The molecule has 0 spiro atoms. The standard InChI is InChI=1S/C12H15N3O2/c13-8-10-2-1-3-11(14-10)15-12(9-16)4-6-17-7-5-12/h1-3,16H,4-7,9H2,(H,14,15). The molecule has 90 valence electrons. The van der Waals surface area contributed by atoms with E-state index in [1.807, 2.05) is 6.07 Å². The summed E-state index contributed by atoms with van der Waals surface area (Å²) in [4.78, 5) is 4.15. The van der Waals surface area contributed by atoms with Crippen LogP contribution in [0.5, 0.6) is 0 Å². The van der Waals surface area contributed by atoms with Gasteiger partial charge in [0, 0.05) is 13.2 Å². The monoisotopic (exact) mass is 233 g/mol. The van der Waals surface area contributed by atoms with Crippen molar-refractivity contribution in [3.8, 4) is 6.07 Å². The summed E-state index contributed by atoms with van der Waals surface area (Å²) >= 11 is 0. The maximum absolute atomic E-state index is 9.52. The number of aromatic nitrogens is 1. The Labute approximate surface area is 100 Å². The summed E-state index contributed by atoms with van der Waals surface area (Å²) < 4.78 is 5.29. The van der Waals surface area contributed by atoms with Crippen molar-refractivity contribution in [2.45, 2.75) is 18.4 Å². The van der Waals surface area contributed by atoms with Gasteiger partial charge in [0.25, 0.3) is 0 Å². The third-order valence-electron chi connectivity index (χ3n) is 3.01. The number of nitriles is 1. The number of nitrogens with zero attached hydrogens (tertiary/aromatic N) is 2. The van der Waals surface area contributed by atoms with Gasteiger partial charge in [-0.25, -0.2) is 4.98 Å². The second-order valence-corrected chi connectivity index (χ2v) is 4.20. The fraction of sp³-hybridized carbons (Fsp3) is 0.500. The highest BCUT2D eigenvalue weighted by atomic mass is 16.5. The highest BCUT2D eigenvalue weighted by Crippen LogP contribution is 2.24. The van der Waals surface area contributed by atoms with Gasteiger partial charge >= 0.3 is 0 Å². The molecule has 0 radical (unpaired) electrons. The minimum absolute atomic E-state index is 0.0365. The molecule has 2 N–H and O–H groups in total. The molecule has 5 heteroatoms. The lowest BCUT2D eigenvalue weighted by Gasteiger charge is -2.36. The minimum Gasteiger partial charge on any atom is -0.394 e. The molecule has 0 aliphatic carbocycles. The van der Waals surface area contributed by atoms with E-state index in [1.54, 1.807) is 18.2 Å². The van der Waals surface area contributed by atoms with Crippen molar-refractivity contribution >= 4 is 5.82 Å². The quantitative estimate of drug-likeness (QED) is 0.811. The maximum Gasteiger partial charge on any atom is 0.142 e. The van der Waals surface area contributed by atoms with Crippen molar-refractivity contribution < 1.29 is 9.84 Å². The molecule has 0 aromatic carbocycles. The second-order valence-electron chi connectivity index (χ2n) is 4.20. The van der Waals surface area contributed by atoms with Crippen LogP contribution in [0.15, 0.2) is 18.2 Å². The Hall–Kier alpha value is -1.64. The number of ether oxygens (including phenoxy) is 1. The number of hydrogen-bond acceptors (Lipinski definition) is 5. The molecule has 0 amide bonds. The topological polar surface area (TPSA) is 78.2 Å². The number of aliphatic hydroxyl groups excluding tert-OH is 1. The van der Waals surface area contributed by atoms with Gasteiger partial charge < -0.3 is 15.2 Å². The van der Waals surface area contributed by atoms with E-state index >= 15 is 0 Å². The lowest BCUT2D eigenvalue weighted by atomic mass is 9.91. The van der Waals surface area contributed by atoms with E-state index in [2.05, 4.69) is 10.3 Å². The smallest absolute Gasteiger partial charge is 0.142 e. The highest BCUT2D eigenvalue weighted by molar-refractivity contribution is 5.41. The van der Waals surface area contributed by atoms with Gasteiger partial charge in [0.2, 0.25) is 0 Å². The van der Waals surface area contributed by atoms with Crippen LogP contribution in [0, 0.1) is 11.3 Å². The number of pyridine rings is 1. The van der Waals surface area contributed by atoms with Crippen molar-refractivity contribution in [2.24, 2.45) is 0 Å². The van der Waals surface area contributed by atoms with Crippen LogP contribution in [0.4, 0.5) is 5.82 Å². The van der Waals surface area contributed by atoms with Crippen LogP contribution in [0.1, 0.15) is 18.5 Å². The molecular weight excluding hydrogens is 218 g/mol. The largest absolute Gasteiger partial charge is 0.394 e. The normalized spacial score (nSPS) is 18.4. The van der Waals surface area contributed by atoms with Crippen LogP contribution in [-0.4, -0.2) is 35.5 Å². The lowest BCUT2D eigenvalue weighted by molar-refractivity contribution is 0.0378. The first-order valence-electron chi connectivity index (χ1n) is 5.62. The molecule has 17 heavy (non-hydrogen) atoms. The van der Waals surface area contributed by atoms with Crippen molar-refractivity contribution in [1.82, 2.24) is 4.98 Å². The molecule has 1 aromatic rings. The zero-order valence-electron chi connectivity index (χ0n) is 9.52. The number of nitrogens with one attached hydrogen (secondary N) is 1. The highest BCUT2D eigenvalue weighted by Gasteiger charge is 2.32. The second kappa shape index (κ2) is 5.13. The summed E-state index contributed by atoms with van der Waals surface area (Å²) in [6, 6.07) is 7.23. The van der Waals surface area contributed by atoms with Crippen molar-refractivity contribution in [3.63, 3.8) is 0 Å². The summed E-state index contributed by atoms with van der Waals surface area (Å²) in [5.41, 5.74) is -0.00516. The molecule has 1 saturated heterocycles. The Morgan fingerprint density at radius 3 is 2.88 bits per heavy atom. The number of aliphatic hydroxyl groups is 1. The maximum atomic E-state index is 9.52. The number of rotatable bonds is 3. The van der Waals surface area contributed by atoms with E-state index in [4.69, 9.17) is 10.00 Å². The molecule has 2 rings (SSSR count). The molecule has 2 heterocycles. The molecule has 0 saturated carbocycles. The van der Waals surface area contributed by atoms with Gasteiger partial charge in [-0.2, -0.15) is 5.26 Å².